The maximum absolute atomic E-state index is 6.15. The zero-order valence-corrected chi connectivity index (χ0v) is 12.3. The van der Waals surface area contributed by atoms with E-state index in [1.807, 2.05) is 0 Å². The number of hydrogen-bond donors (Lipinski definition) is 0. The first-order chi connectivity index (χ1) is 10.3. The monoisotopic (exact) mass is 276 g/mol. The summed E-state index contributed by atoms with van der Waals surface area (Å²) in [5.74, 6) is 0.980. The summed E-state index contributed by atoms with van der Waals surface area (Å²) in [5.41, 5.74) is 1.37. The van der Waals surface area contributed by atoms with Crippen molar-refractivity contribution in [2.75, 3.05) is 0 Å². The lowest BCUT2D eigenvalue weighted by molar-refractivity contribution is 0.214. The zero-order chi connectivity index (χ0) is 14.5. The number of rotatable bonds is 5. The van der Waals surface area contributed by atoms with Crippen molar-refractivity contribution in [1.82, 2.24) is 0 Å². The Bertz CT molecular complexity index is 698. The highest BCUT2D eigenvalue weighted by Crippen LogP contribution is 2.26. The fraction of sp³-hybridized carbons (Fsp3) is 0.200. The van der Waals surface area contributed by atoms with Crippen LogP contribution in [-0.4, -0.2) is 6.10 Å². The van der Waals surface area contributed by atoms with E-state index in [2.05, 4.69) is 79.7 Å². The predicted octanol–water partition coefficient (Wildman–Crippen LogP) is 5.24. The van der Waals surface area contributed by atoms with Gasteiger partial charge in [0.25, 0.3) is 0 Å². The van der Waals surface area contributed by atoms with Crippen LogP contribution in [0.1, 0.15) is 18.9 Å². The molecule has 0 bridgehead atoms. The Balaban J connectivity index is 1.67. The van der Waals surface area contributed by atoms with E-state index >= 15 is 0 Å². The van der Waals surface area contributed by atoms with Crippen LogP contribution in [-0.2, 0) is 6.42 Å². The summed E-state index contributed by atoms with van der Waals surface area (Å²) in [7, 11) is 0. The summed E-state index contributed by atoms with van der Waals surface area (Å²) in [5, 5.41) is 2.41. The molecule has 3 aromatic rings. The van der Waals surface area contributed by atoms with Gasteiger partial charge in [-0.1, -0.05) is 66.7 Å². The summed E-state index contributed by atoms with van der Waals surface area (Å²) in [6, 6.07) is 25.2. The maximum atomic E-state index is 6.15. The lowest BCUT2D eigenvalue weighted by Gasteiger charge is -2.16. The second-order valence-electron chi connectivity index (χ2n) is 5.43. The molecule has 1 nitrogen and oxygen atoms in total. The molecule has 1 heteroatoms. The van der Waals surface area contributed by atoms with Crippen molar-refractivity contribution in [1.29, 1.82) is 0 Å². The van der Waals surface area contributed by atoms with Crippen molar-refractivity contribution in [3.8, 4) is 5.75 Å². The van der Waals surface area contributed by atoms with Gasteiger partial charge in [0.2, 0.25) is 0 Å². The molecule has 0 aromatic heterocycles. The molecule has 0 amide bonds. The van der Waals surface area contributed by atoms with Crippen LogP contribution in [0.2, 0.25) is 0 Å². The van der Waals surface area contributed by atoms with Crippen LogP contribution in [0.25, 0.3) is 10.8 Å². The minimum absolute atomic E-state index is 0.205. The largest absolute Gasteiger partial charge is 0.490 e. The lowest BCUT2D eigenvalue weighted by Crippen LogP contribution is -2.13. The molecular weight excluding hydrogens is 256 g/mol. The van der Waals surface area contributed by atoms with Crippen LogP contribution in [0.3, 0.4) is 0 Å². The molecule has 1 unspecified atom stereocenters. The first-order valence-electron chi connectivity index (χ1n) is 7.51. The van der Waals surface area contributed by atoms with Gasteiger partial charge in [-0.05, 0) is 36.8 Å². The standard InChI is InChI=1S/C20H20O/c1-16(14-15-17-8-3-2-4-9-17)21-20-13-7-11-18-10-5-6-12-19(18)20/h2-13,16H,14-15H2,1H3. The van der Waals surface area contributed by atoms with Crippen LogP contribution >= 0.6 is 0 Å². The van der Waals surface area contributed by atoms with Crippen molar-refractivity contribution in [2.24, 2.45) is 0 Å². The fourth-order valence-corrected chi connectivity index (χ4v) is 2.59. The highest BCUT2D eigenvalue weighted by molar-refractivity contribution is 5.88. The van der Waals surface area contributed by atoms with Gasteiger partial charge in [-0.3, -0.25) is 0 Å². The maximum Gasteiger partial charge on any atom is 0.127 e. The highest BCUT2D eigenvalue weighted by Gasteiger charge is 2.07. The van der Waals surface area contributed by atoms with Gasteiger partial charge in [-0.25, -0.2) is 0 Å². The van der Waals surface area contributed by atoms with E-state index < -0.39 is 0 Å². The van der Waals surface area contributed by atoms with E-state index in [0.717, 1.165) is 18.6 Å². The third-order valence-electron chi connectivity index (χ3n) is 3.76. The summed E-state index contributed by atoms with van der Waals surface area (Å²) in [4.78, 5) is 0. The van der Waals surface area contributed by atoms with Crippen LogP contribution in [0, 0.1) is 0 Å². The third kappa shape index (κ3) is 3.43. The highest BCUT2D eigenvalue weighted by atomic mass is 16.5. The van der Waals surface area contributed by atoms with Crippen LogP contribution in [0.15, 0.2) is 72.8 Å². The molecule has 0 radical (unpaired) electrons. The number of benzene rings is 3. The molecule has 3 aromatic carbocycles. The van der Waals surface area contributed by atoms with Crippen molar-refractivity contribution in [3.63, 3.8) is 0 Å². The van der Waals surface area contributed by atoms with E-state index in [0.29, 0.717) is 0 Å². The molecule has 0 heterocycles. The van der Waals surface area contributed by atoms with Crippen molar-refractivity contribution >= 4 is 10.8 Å². The van der Waals surface area contributed by atoms with Crippen LogP contribution < -0.4 is 4.74 Å². The molecule has 0 saturated carbocycles. The van der Waals surface area contributed by atoms with E-state index in [9.17, 15) is 0 Å². The Morgan fingerprint density at radius 2 is 1.52 bits per heavy atom. The second kappa shape index (κ2) is 6.45. The molecule has 3 rings (SSSR count). The van der Waals surface area contributed by atoms with Crippen LogP contribution in [0.4, 0.5) is 0 Å². The number of hydrogen-bond acceptors (Lipinski definition) is 1. The molecule has 0 fully saturated rings. The van der Waals surface area contributed by atoms with Crippen LogP contribution in [0.5, 0.6) is 5.75 Å². The van der Waals surface area contributed by atoms with E-state index in [1.54, 1.807) is 0 Å². The molecule has 0 spiro atoms. The van der Waals surface area contributed by atoms with Gasteiger partial charge in [-0.2, -0.15) is 0 Å². The van der Waals surface area contributed by atoms with Crippen molar-refractivity contribution < 1.29 is 4.74 Å². The predicted molar refractivity (Wildman–Crippen MR) is 88.8 cm³/mol. The van der Waals surface area contributed by atoms with Crippen molar-refractivity contribution in [2.45, 2.75) is 25.9 Å². The number of aryl methyl sites for hydroxylation is 1. The minimum Gasteiger partial charge on any atom is -0.490 e. The van der Waals surface area contributed by atoms with E-state index in [4.69, 9.17) is 4.74 Å². The molecule has 0 aliphatic carbocycles. The van der Waals surface area contributed by atoms with E-state index in [1.165, 1.54) is 16.3 Å². The Kier molecular flexibility index (Phi) is 4.20. The minimum atomic E-state index is 0.205. The number of ether oxygens (including phenoxy) is 1. The van der Waals surface area contributed by atoms with Gasteiger partial charge >= 0.3 is 0 Å². The Morgan fingerprint density at radius 1 is 0.810 bits per heavy atom. The summed E-state index contributed by atoms with van der Waals surface area (Å²) in [6.07, 6.45) is 2.27. The molecular formula is C20H20O. The molecule has 1 atom stereocenters. The second-order valence-corrected chi connectivity index (χ2v) is 5.43. The Morgan fingerprint density at radius 3 is 2.38 bits per heavy atom. The third-order valence-corrected chi connectivity index (χ3v) is 3.76. The topological polar surface area (TPSA) is 9.23 Å². The molecule has 0 aliphatic rings. The molecule has 0 saturated heterocycles. The quantitative estimate of drug-likeness (QED) is 0.619. The van der Waals surface area contributed by atoms with Crippen molar-refractivity contribution in [3.05, 3.63) is 78.4 Å². The molecule has 0 aliphatic heterocycles. The lowest BCUT2D eigenvalue weighted by atomic mass is 10.1. The zero-order valence-electron chi connectivity index (χ0n) is 12.3. The molecule has 106 valence electrons. The van der Waals surface area contributed by atoms with E-state index in [-0.39, 0.29) is 6.10 Å². The Hall–Kier alpha value is -2.28. The average Bonchev–Trinajstić information content (AvgIpc) is 2.54. The molecule has 21 heavy (non-hydrogen) atoms. The summed E-state index contributed by atoms with van der Waals surface area (Å²) < 4.78 is 6.15. The van der Waals surface area contributed by atoms with Gasteiger partial charge in [0.05, 0.1) is 6.10 Å². The van der Waals surface area contributed by atoms with Gasteiger partial charge in [-0.15, -0.1) is 0 Å². The van der Waals surface area contributed by atoms with Gasteiger partial charge in [0.1, 0.15) is 5.75 Å². The first-order valence-corrected chi connectivity index (χ1v) is 7.51. The normalized spacial score (nSPS) is 12.2. The first kappa shape index (κ1) is 13.7. The van der Waals surface area contributed by atoms with Gasteiger partial charge < -0.3 is 4.74 Å². The summed E-state index contributed by atoms with van der Waals surface area (Å²) in [6.45, 7) is 2.14. The number of fused-ring (bicyclic) bond motifs is 1. The average molecular weight is 276 g/mol. The smallest absolute Gasteiger partial charge is 0.127 e. The molecule has 0 N–H and O–H groups in total. The fourth-order valence-electron chi connectivity index (χ4n) is 2.59. The Labute approximate surface area is 126 Å². The van der Waals surface area contributed by atoms with Gasteiger partial charge in [0.15, 0.2) is 0 Å². The van der Waals surface area contributed by atoms with Gasteiger partial charge in [0, 0.05) is 5.39 Å². The SMILES string of the molecule is CC(CCc1ccccc1)Oc1cccc2ccccc12. The summed E-state index contributed by atoms with van der Waals surface area (Å²) >= 11 is 0.